The number of allylic oxidation sites excluding steroid dienone is 6. The minimum absolute atomic E-state index is 0.0695. The number of carbonyl (C=O) groups excluding carboxylic acids is 3. The number of ether oxygens (including phenoxy) is 3. The fourth-order valence-corrected chi connectivity index (χ4v) is 10.4. The van der Waals surface area contributed by atoms with Crippen molar-refractivity contribution in [2.24, 2.45) is 0 Å². The lowest BCUT2D eigenvalue weighted by molar-refractivity contribution is -0.167. The predicted octanol–water partition coefficient (Wildman–Crippen LogP) is 23.6. The lowest BCUT2D eigenvalue weighted by Crippen LogP contribution is -2.30. The lowest BCUT2D eigenvalue weighted by atomic mass is 10.0. The number of rotatable bonds is 64. The van der Waals surface area contributed by atoms with Gasteiger partial charge in [-0.2, -0.15) is 0 Å². The fourth-order valence-electron chi connectivity index (χ4n) is 10.4. The summed E-state index contributed by atoms with van der Waals surface area (Å²) < 4.78 is 16.9. The van der Waals surface area contributed by atoms with Crippen LogP contribution in [-0.4, -0.2) is 37.2 Å². The normalized spacial score (nSPS) is 12.2. The van der Waals surface area contributed by atoms with Crippen LogP contribution < -0.4 is 0 Å². The molecule has 0 saturated carbocycles. The number of unbranched alkanes of at least 4 members (excludes halogenated alkanes) is 47. The predicted molar refractivity (Wildman–Crippen MR) is 335 cm³/mol. The molecule has 0 aromatic heterocycles. The lowest BCUT2D eigenvalue weighted by Gasteiger charge is -2.18. The van der Waals surface area contributed by atoms with Crippen molar-refractivity contribution < 1.29 is 28.6 Å². The summed E-state index contributed by atoms with van der Waals surface area (Å²) in [7, 11) is 0. The highest BCUT2D eigenvalue weighted by Gasteiger charge is 2.19. The summed E-state index contributed by atoms with van der Waals surface area (Å²) in [5.74, 6) is -0.853. The van der Waals surface area contributed by atoms with Gasteiger partial charge in [0.2, 0.25) is 0 Å². The van der Waals surface area contributed by atoms with Gasteiger partial charge in [-0.25, -0.2) is 0 Å². The van der Waals surface area contributed by atoms with Crippen molar-refractivity contribution in [3.05, 3.63) is 36.5 Å². The van der Waals surface area contributed by atoms with E-state index in [1.165, 1.54) is 270 Å². The van der Waals surface area contributed by atoms with Crippen LogP contribution in [0.3, 0.4) is 0 Å². The van der Waals surface area contributed by atoms with E-state index < -0.39 is 6.10 Å². The summed E-state index contributed by atoms with van der Waals surface area (Å²) in [6.07, 6.45) is 81.9. The molecular formula is C71H132O6. The molecule has 0 aliphatic heterocycles. The van der Waals surface area contributed by atoms with Gasteiger partial charge in [0.25, 0.3) is 0 Å². The molecule has 0 bridgehead atoms. The zero-order valence-corrected chi connectivity index (χ0v) is 52.0. The number of esters is 3. The van der Waals surface area contributed by atoms with Crippen molar-refractivity contribution in [3.63, 3.8) is 0 Å². The average Bonchev–Trinajstić information content (AvgIpc) is 3.43. The molecular weight excluding hydrogens is 949 g/mol. The third-order valence-electron chi connectivity index (χ3n) is 15.6. The molecule has 0 aromatic rings. The van der Waals surface area contributed by atoms with Gasteiger partial charge in [0.15, 0.2) is 6.10 Å². The Bertz CT molecular complexity index is 1290. The number of hydrogen-bond donors (Lipinski definition) is 0. The maximum Gasteiger partial charge on any atom is 0.306 e. The number of hydrogen-bond acceptors (Lipinski definition) is 6. The summed E-state index contributed by atoms with van der Waals surface area (Å²) >= 11 is 0. The molecule has 0 N–H and O–H groups in total. The summed E-state index contributed by atoms with van der Waals surface area (Å²) in [6, 6.07) is 0. The van der Waals surface area contributed by atoms with Gasteiger partial charge in [-0.1, -0.05) is 320 Å². The van der Waals surface area contributed by atoms with Crippen molar-refractivity contribution in [3.8, 4) is 0 Å². The molecule has 6 heteroatoms. The first-order valence-corrected chi connectivity index (χ1v) is 34.5. The van der Waals surface area contributed by atoms with Gasteiger partial charge in [0.1, 0.15) is 13.2 Å². The Hall–Kier alpha value is -2.37. The Balaban J connectivity index is 4.05. The van der Waals surface area contributed by atoms with Crippen LogP contribution in [-0.2, 0) is 28.6 Å². The highest BCUT2D eigenvalue weighted by atomic mass is 16.6. The van der Waals surface area contributed by atoms with Crippen LogP contribution in [0.15, 0.2) is 36.5 Å². The average molecular weight is 1080 g/mol. The third-order valence-corrected chi connectivity index (χ3v) is 15.6. The largest absolute Gasteiger partial charge is 0.462 e. The van der Waals surface area contributed by atoms with Crippen LogP contribution in [0.4, 0.5) is 0 Å². The fraction of sp³-hybridized carbons (Fsp3) is 0.873. The molecule has 1 atom stereocenters. The molecule has 0 rings (SSSR count). The van der Waals surface area contributed by atoms with Crippen LogP contribution in [0, 0.1) is 0 Å². The van der Waals surface area contributed by atoms with Crippen molar-refractivity contribution in [2.45, 2.75) is 386 Å². The van der Waals surface area contributed by atoms with Gasteiger partial charge >= 0.3 is 17.9 Å². The summed E-state index contributed by atoms with van der Waals surface area (Å²) in [5, 5.41) is 0. The Kier molecular flexibility index (Phi) is 64.1. The highest BCUT2D eigenvalue weighted by molar-refractivity contribution is 5.71. The van der Waals surface area contributed by atoms with E-state index in [0.29, 0.717) is 19.3 Å². The molecule has 0 fully saturated rings. The van der Waals surface area contributed by atoms with Crippen molar-refractivity contribution in [1.82, 2.24) is 0 Å². The van der Waals surface area contributed by atoms with Crippen LogP contribution in [0.2, 0.25) is 0 Å². The molecule has 77 heavy (non-hydrogen) atoms. The Morgan fingerprint density at radius 2 is 0.468 bits per heavy atom. The van der Waals surface area contributed by atoms with Crippen molar-refractivity contribution in [1.29, 1.82) is 0 Å². The van der Waals surface area contributed by atoms with Crippen molar-refractivity contribution in [2.75, 3.05) is 13.2 Å². The summed E-state index contributed by atoms with van der Waals surface area (Å²) in [5.41, 5.74) is 0. The zero-order valence-electron chi connectivity index (χ0n) is 52.0. The van der Waals surface area contributed by atoms with E-state index in [-0.39, 0.29) is 31.1 Å². The third kappa shape index (κ3) is 64.3. The first-order chi connectivity index (χ1) is 38.0. The first-order valence-electron chi connectivity index (χ1n) is 34.5. The van der Waals surface area contributed by atoms with Crippen molar-refractivity contribution >= 4 is 17.9 Å². The second-order valence-electron chi connectivity index (χ2n) is 23.4. The molecule has 0 saturated heterocycles. The quantitative estimate of drug-likeness (QED) is 0.0261. The molecule has 0 spiro atoms. The highest BCUT2D eigenvalue weighted by Crippen LogP contribution is 2.18. The second kappa shape index (κ2) is 66.1. The molecule has 0 aliphatic carbocycles. The van der Waals surface area contributed by atoms with Gasteiger partial charge in [-0.15, -0.1) is 0 Å². The molecule has 0 aliphatic rings. The van der Waals surface area contributed by atoms with Crippen LogP contribution in [0.1, 0.15) is 380 Å². The van der Waals surface area contributed by atoms with Gasteiger partial charge in [-0.3, -0.25) is 14.4 Å². The van der Waals surface area contributed by atoms with E-state index in [9.17, 15) is 14.4 Å². The Labute approximate surface area is 480 Å². The van der Waals surface area contributed by atoms with E-state index in [4.69, 9.17) is 14.2 Å². The maximum atomic E-state index is 12.9. The SMILES string of the molecule is CCCCCCC/C=C\C/C=C\CCCCCCCCCCCCCCCCCCCCCCCC(=O)OCC(COC(=O)CCCCCCCCCCCCCC)OC(=O)CCCCCCC/C=C\CCCCCCC. The monoisotopic (exact) mass is 1080 g/mol. The first kappa shape index (κ1) is 74.6. The summed E-state index contributed by atoms with van der Waals surface area (Å²) in [4.78, 5) is 38.2. The molecule has 6 nitrogen and oxygen atoms in total. The minimum Gasteiger partial charge on any atom is -0.462 e. The van der Waals surface area contributed by atoms with Gasteiger partial charge in [-0.05, 0) is 77.0 Å². The van der Waals surface area contributed by atoms with E-state index in [1.54, 1.807) is 0 Å². The Morgan fingerprint density at radius 3 is 0.727 bits per heavy atom. The molecule has 0 amide bonds. The van der Waals surface area contributed by atoms with Crippen LogP contribution in [0.5, 0.6) is 0 Å². The van der Waals surface area contributed by atoms with E-state index in [0.717, 1.165) is 70.6 Å². The molecule has 452 valence electrons. The summed E-state index contributed by atoms with van der Waals surface area (Å²) in [6.45, 7) is 6.67. The second-order valence-corrected chi connectivity index (χ2v) is 23.4. The standard InChI is InChI=1S/C71H132O6/c1-4-7-10-13-16-19-22-25-27-28-29-30-31-32-33-34-35-36-37-38-39-40-41-42-43-44-45-47-49-52-55-58-61-64-70(73)76-67-68(66-75-69(72)63-60-57-54-51-48-24-21-18-15-12-9-6-3)77-71(74)65-62-59-56-53-50-46-26-23-20-17-14-11-8-5-2/h22-23,25-26,28-29,68H,4-21,24,27,30-67H2,1-3H3/b25-22-,26-23-,29-28-. The van der Waals surface area contributed by atoms with E-state index in [1.807, 2.05) is 0 Å². The van der Waals surface area contributed by atoms with Gasteiger partial charge < -0.3 is 14.2 Å². The van der Waals surface area contributed by atoms with Gasteiger partial charge in [0, 0.05) is 19.3 Å². The molecule has 1 unspecified atom stereocenters. The molecule has 0 heterocycles. The smallest absolute Gasteiger partial charge is 0.306 e. The zero-order chi connectivity index (χ0) is 55.7. The minimum atomic E-state index is -0.772. The Morgan fingerprint density at radius 1 is 0.260 bits per heavy atom. The molecule has 0 aromatic carbocycles. The molecule has 0 radical (unpaired) electrons. The van der Waals surface area contributed by atoms with Gasteiger partial charge in [0.05, 0.1) is 0 Å². The maximum absolute atomic E-state index is 12.9. The van der Waals surface area contributed by atoms with Crippen LogP contribution >= 0.6 is 0 Å². The topological polar surface area (TPSA) is 78.9 Å². The van der Waals surface area contributed by atoms with E-state index >= 15 is 0 Å². The number of carbonyl (C=O) groups is 3. The van der Waals surface area contributed by atoms with E-state index in [2.05, 4.69) is 57.2 Å². The van der Waals surface area contributed by atoms with Crippen LogP contribution in [0.25, 0.3) is 0 Å².